The summed E-state index contributed by atoms with van der Waals surface area (Å²) in [5.74, 6) is -0.521. The van der Waals surface area contributed by atoms with Crippen molar-refractivity contribution in [3.8, 4) is 0 Å². The second-order valence-electron chi connectivity index (χ2n) is 7.42. The zero-order valence-electron chi connectivity index (χ0n) is 15.7. The molecule has 0 N–H and O–H groups in total. The molecule has 2 aromatic carbocycles. The summed E-state index contributed by atoms with van der Waals surface area (Å²) in [6.07, 6.45) is 0.480. The standard InChI is InChI=1S/C21H22N2O3S/c1-13-5-7-20(15(3)10-13)27(25,26)23-9-8-19-17(12-23)21(24)16-11-14(2)4-6-18(16)22-19/h4-7,10-11,17H,8-9,12H2,1-3H3. The first-order valence-corrected chi connectivity index (χ1v) is 10.5. The summed E-state index contributed by atoms with van der Waals surface area (Å²) in [7, 11) is -3.64. The lowest BCUT2D eigenvalue weighted by Crippen LogP contribution is -2.47. The maximum Gasteiger partial charge on any atom is 0.243 e. The van der Waals surface area contributed by atoms with E-state index in [1.165, 1.54) is 4.31 Å². The molecule has 0 aliphatic carbocycles. The molecule has 0 aromatic heterocycles. The van der Waals surface area contributed by atoms with Crippen LogP contribution in [-0.4, -0.2) is 37.3 Å². The molecule has 2 heterocycles. The molecule has 0 saturated carbocycles. The molecule has 6 heteroatoms. The quantitative estimate of drug-likeness (QED) is 0.797. The van der Waals surface area contributed by atoms with Crippen molar-refractivity contribution in [2.45, 2.75) is 32.1 Å². The van der Waals surface area contributed by atoms with Gasteiger partial charge in [0, 0.05) is 30.8 Å². The smallest absolute Gasteiger partial charge is 0.243 e. The summed E-state index contributed by atoms with van der Waals surface area (Å²) in [4.78, 5) is 18.0. The first kappa shape index (κ1) is 18.1. The molecular formula is C21H22N2O3S. The van der Waals surface area contributed by atoms with Crippen LogP contribution in [0.4, 0.5) is 5.69 Å². The van der Waals surface area contributed by atoms with Crippen molar-refractivity contribution >= 4 is 27.2 Å². The predicted octanol–water partition coefficient (Wildman–Crippen LogP) is 3.59. The van der Waals surface area contributed by atoms with E-state index in [-0.39, 0.29) is 12.3 Å². The van der Waals surface area contributed by atoms with Gasteiger partial charge in [-0.3, -0.25) is 9.79 Å². The molecule has 0 radical (unpaired) electrons. The highest BCUT2D eigenvalue weighted by Gasteiger charge is 2.40. The number of rotatable bonds is 2. The Labute approximate surface area is 159 Å². The number of nitrogens with zero attached hydrogens (tertiary/aromatic N) is 2. The van der Waals surface area contributed by atoms with Gasteiger partial charge < -0.3 is 0 Å². The number of carbonyl (C=O) groups is 1. The maximum atomic E-state index is 13.2. The van der Waals surface area contributed by atoms with Gasteiger partial charge in [-0.25, -0.2) is 8.42 Å². The molecule has 1 atom stereocenters. The van der Waals surface area contributed by atoms with Gasteiger partial charge in [0.15, 0.2) is 5.78 Å². The third-order valence-electron chi connectivity index (χ3n) is 5.35. The Morgan fingerprint density at radius 1 is 1.04 bits per heavy atom. The summed E-state index contributed by atoms with van der Waals surface area (Å²) < 4.78 is 27.8. The number of aryl methyl sites for hydroxylation is 3. The van der Waals surface area contributed by atoms with Gasteiger partial charge in [-0.15, -0.1) is 0 Å². The summed E-state index contributed by atoms with van der Waals surface area (Å²) in [5, 5.41) is 0. The van der Waals surface area contributed by atoms with Gasteiger partial charge in [0.1, 0.15) is 0 Å². The number of piperidine rings is 1. The number of carbonyl (C=O) groups excluding carboxylic acids is 1. The SMILES string of the molecule is Cc1ccc(S(=O)(=O)N2CCC3=Nc4ccc(C)cc4C(=O)C3C2)c(C)c1. The summed E-state index contributed by atoms with van der Waals surface area (Å²) in [6, 6.07) is 11.0. The molecule has 5 nitrogen and oxygen atoms in total. The Morgan fingerprint density at radius 2 is 1.74 bits per heavy atom. The number of sulfonamides is 1. The topological polar surface area (TPSA) is 66.8 Å². The first-order chi connectivity index (χ1) is 12.8. The largest absolute Gasteiger partial charge is 0.293 e. The van der Waals surface area contributed by atoms with Crippen LogP contribution >= 0.6 is 0 Å². The van der Waals surface area contributed by atoms with Crippen molar-refractivity contribution in [2.75, 3.05) is 13.1 Å². The Morgan fingerprint density at radius 3 is 2.48 bits per heavy atom. The van der Waals surface area contributed by atoms with E-state index in [0.717, 1.165) is 22.4 Å². The van der Waals surface area contributed by atoms with Crippen LogP contribution in [0.3, 0.4) is 0 Å². The monoisotopic (exact) mass is 382 g/mol. The third kappa shape index (κ3) is 3.03. The van der Waals surface area contributed by atoms with Crippen molar-refractivity contribution in [3.63, 3.8) is 0 Å². The number of Topliss-reactive ketones (excluding diaryl/α,β-unsaturated/α-hetero) is 1. The fourth-order valence-corrected chi connectivity index (χ4v) is 5.58. The molecule has 4 rings (SSSR count). The molecule has 1 saturated heterocycles. The fourth-order valence-electron chi connectivity index (χ4n) is 3.92. The van der Waals surface area contributed by atoms with Crippen molar-refractivity contribution < 1.29 is 13.2 Å². The number of benzene rings is 2. The number of hydrogen-bond donors (Lipinski definition) is 0. The van der Waals surface area contributed by atoms with Gasteiger partial charge >= 0.3 is 0 Å². The molecule has 2 aromatic rings. The van der Waals surface area contributed by atoms with Crippen LogP contribution in [0.25, 0.3) is 0 Å². The lowest BCUT2D eigenvalue weighted by Gasteiger charge is -2.34. The van der Waals surface area contributed by atoms with Crippen LogP contribution in [0.5, 0.6) is 0 Å². The van der Waals surface area contributed by atoms with Gasteiger partial charge in [-0.2, -0.15) is 4.31 Å². The molecule has 1 fully saturated rings. The average molecular weight is 382 g/mol. The highest BCUT2D eigenvalue weighted by atomic mass is 32.2. The van der Waals surface area contributed by atoms with Crippen LogP contribution in [0, 0.1) is 26.7 Å². The molecule has 0 amide bonds. The van der Waals surface area contributed by atoms with E-state index in [0.29, 0.717) is 29.1 Å². The fraction of sp³-hybridized carbons (Fsp3) is 0.333. The Kier molecular flexibility index (Phi) is 4.28. The summed E-state index contributed by atoms with van der Waals surface area (Å²) in [5.41, 5.74) is 4.83. The Balaban J connectivity index is 1.68. The number of hydrogen-bond acceptors (Lipinski definition) is 4. The van der Waals surface area contributed by atoms with E-state index < -0.39 is 15.9 Å². The van der Waals surface area contributed by atoms with Crippen LogP contribution in [0.15, 0.2) is 46.3 Å². The van der Waals surface area contributed by atoms with Crippen LogP contribution in [0.1, 0.15) is 33.5 Å². The normalized spacial score (nSPS) is 20.0. The van der Waals surface area contributed by atoms with Crippen molar-refractivity contribution in [3.05, 3.63) is 58.7 Å². The molecule has 0 bridgehead atoms. The van der Waals surface area contributed by atoms with Crippen molar-refractivity contribution in [2.24, 2.45) is 10.9 Å². The third-order valence-corrected chi connectivity index (χ3v) is 7.38. The van der Waals surface area contributed by atoms with E-state index in [2.05, 4.69) is 4.99 Å². The number of fused-ring (bicyclic) bond motifs is 2. The lowest BCUT2D eigenvalue weighted by molar-refractivity contribution is 0.0935. The van der Waals surface area contributed by atoms with Crippen LogP contribution in [-0.2, 0) is 10.0 Å². The summed E-state index contributed by atoms with van der Waals surface area (Å²) >= 11 is 0. The molecular weight excluding hydrogens is 360 g/mol. The molecule has 27 heavy (non-hydrogen) atoms. The van der Waals surface area contributed by atoms with Crippen molar-refractivity contribution in [1.29, 1.82) is 0 Å². The first-order valence-electron chi connectivity index (χ1n) is 9.07. The zero-order valence-corrected chi connectivity index (χ0v) is 16.5. The van der Waals surface area contributed by atoms with Crippen LogP contribution < -0.4 is 0 Å². The summed E-state index contributed by atoms with van der Waals surface area (Å²) in [6.45, 7) is 6.18. The van der Waals surface area contributed by atoms with Gasteiger partial charge in [0.25, 0.3) is 0 Å². The van der Waals surface area contributed by atoms with E-state index in [9.17, 15) is 13.2 Å². The van der Waals surface area contributed by atoms with Crippen LogP contribution in [0.2, 0.25) is 0 Å². The average Bonchev–Trinajstić information content (AvgIpc) is 2.62. The zero-order chi connectivity index (χ0) is 19.3. The van der Waals surface area contributed by atoms with Gasteiger partial charge in [-0.05, 0) is 44.5 Å². The number of aliphatic imine (C=N–C) groups is 1. The minimum absolute atomic E-state index is 0.0285. The van der Waals surface area contributed by atoms with E-state index in [1.54, 1.807) is 6.07 Å². The molecule has 0 spiro atoms. The van der Waals surface area contributed by atoms with E-state index in [4.69, 9.17) is 0 Å². The Hall–Kier alpha value is -2.31. The minimum Gasteiger partial charge on any atom is -0.293 e. The maximum absolute atomic E-state index is 13.2. The van der Waals surface area contributed by atoms with Gasteiger partial charge in [-0.1, -0.05) is 29.3 Å². The highest BCUT2D eigenvalue weighted by molar-refractivity contribution is 7.89. The molecule has 2 aliphatic heterocycles. The van der Waals surface area contributed by atoms with Crippen molar-refractivity contribution in [1.82, 2.24) is 4.31 Å². The van der Waals surface area contributed by atoms with E-state index >= 15 is 0 Å². The molecule has 2 aliphatic rings. The van der Waals surface area contributed by atoms with Gasteiger partial charge in [0.05, 0.1) is 16.5 Å². The lowest BCUT2D eigenvalue weighted by atomic mass is 9.85. The van der Waals surface area contributed by atoms with Gasteiger partial charge in [0.2, 0.25) is 10.0 Å². The minimum atomic E-state index is -3.64. The predicted molar refractivity (Wildman–Crippen MR) is 105 cm³/mol. The van der Waals surface area contributed by atoms with E-state index in [1.807, 2.05) is 51.1 Å². The second-order valence-corrected chi connectivity index (χ2v) is 9.33. The Bertz CT molecular complexity index is 1090. The second kappa shape index (κ2) is 6.39. The molecule has 1 unspecified atom stereocenters. The number of ketones is 1. The highest BCUT2D eigenvalue weighted by Crippen LogP contribution is 2.34. The molecule has 140 valence electrons.